The molecule has 0 aliphatic heterocycles. The molecule has 1 amide bonds. The number of nitrogens with zero attached hydrogens (tertiary/aromatic N) is 1. The van der Waals surface area contributed by atoms with E-state index >= 15 is 0 Å². The SMILES string of the molecule is Cc1c(CNC(=O)CCCCCN)cccc1[N+](=O)[O-]. The van der Waals surface area contributed by atoms with Crippen molar-refractivity contribution in [3.8, 4) is 0 Å². The van der Waals surface area contributed by atoms with Crippen LogP contribution in [0.2, 0.25) is 0 Å². The smallest absolute Gasteiger partial charge is 0.272 e. The molecule has 0 unspecified atom stereocenters. The summed E-state index contributed by atoms with van der Waals surface area (Å²) >= 11 is 0. The Morgan fingerprint density at radius 1 is 1.35 bits per heavy atom. The van der Waals surface area contributed by atoms with Gasteiger partial charge in [-0.05, 0) is 31.9 Å². The van der Waals surface area contributed by atoms with E-state index in [-0.39, 0.29) is 11.6 Å². The lowest BCUT2D eigenvalue weighted by molar-refractivity contribution is -0.385. The lowest BCUT2D eigenvalue weighted by Crippen LogP contribution is -2.23. The Balaban J connectivity index is 2.47. The van der Waals surface area contributed by atoms with Crippen molar-refractivity contribution < 1.29 is 9.72 Å². The van der Waals surface area contributed by atoms with Crippen LogP contribution >= 0.6 is 0 Å². The van der Waals surface area contributed by atoms with Gasteiger partial charge in [-0.2, -0.15) is 0 Å². The van der Waals surface area contributed by atoms with Gasteiger partial charge in [0.05, 0.1) is 4.92 Å². The summed E-state index contributed by atoms with van der Waals surface area (Å²) in [6.45, 7) is 2.67. The summed E-state index contributed by atoms with van der Waals surface area (Å²) in [6, 6.07) is 4.89. The highest BCUT2D eigenvalue weighted by Crippen LogP contribution is 2.20. The Bertz CT molecular complexity index is 475. The van der Waals surface area contributed by atoms with Gasteiger partial charge in [-0.1, -0.05) is 18.6 Å². The number of unbranched alkanes of at least 4 members (excludes halogenated alkanes) is 2. The molecule has 110 valence electrons. The van der Waals surface area contributed by atoms with E-state index in [1.807, 2.05) is 0 Å². The predicted molar refractivity (Wildman–Crippen MR) is 77.2 cm³/mol. The molecule has 6 heteroatoms. The molecule has 0 atom stereocenters. The molecule has 20 heavy (non-hydrogen) atoms. The van der Waals surface area contributed by atoms with Crippen LogP contribution < -0.4 is 11.1 Å². The molecule has 0 bridgehead atoms. The molecule has 0 heterocycles. The molecule has 0 aliphatic rings. The molecule has 0 spiro atoms. The molecule has 0 aliphatic carbocycles. The number of hydrogen-bond donors (Lipinski definition) is 2. The average Bonchev–Trinajstić information content (AvgIpc) is 2.42. The summed E-state index contributed by atoms with van der Waals surface area (Å²) in [5.74, 6) is -0.0343. The molecule has 0 saturated heterocycles. The van der Waals surface area contributed by atoms with Crippen molar-refractivity contribution in [1.82, 2.24) is 5.32 Å². The average molecular weight is 279 g/mol. The summed E-state index contributed by atoms with van der Waals surface area (Å²) in [5.41, 5.74) is 6.83. The van der Waals surface area contributed by atoms with Crippen molar-refractivity contribution in [3.05, 3.63) is 39.4 Å². The van der Waals surface area contributed by atoms with Crippen LogP contribution in [0.1, 0.15) is 36.8 Å². The minimum Gasteiger partial charge on any atom is -0.352 e. The number of carbonyl (C=O) groups is 1. The zero-order valence-electron chi connectivity index (χ0n) is 11.7. The maximum absolute atomic E-state index is 11.6. The Labute approximate surface area is 118 Å². The van der Waals surface area contributed by atoms with Crippen LogP contribution in [-0.2, 0) is 11.3 Å². The summed E-state index contributed by atoms with van der Waals surface area (Å²) < 4.78 is 0. The molecular weight excluding hydrogens is 258 g/mol. The lowest BCUT2D eigenvalue weighted by atomic mass is 10.1. The number of nitro groups is 1. The van der Waals surface area contributed by atoms with E-state index in [2.05, 4.69) is 5.32 Å². The highest BCUT2D eigenvalue weighted by atomic mass is 16.6. The molecule has 6 nitrogen and oxygen atoms in total. The number of nitrogens with two attached hydrogens (primary N) is 1. The van der Waals surface area contributed by atoms with E-state index in [1.165, 1.54) is 6.07 Å². The third kappa shape index (κ3) is 4.97. The molecule has 0 aromatic heterocycles. The summed E-state index contributed by atoms with van der Waals surface area (Å²) in [4.78, 5) is 22.0. The topological polar surface area (TPSA) is 98.3 Å². The second-order valence-electron chi connectivity index (χ2n) is 4.69. The van der Waals surface area contributed by atoms with Gasteiger partial charge in [0.2, 0.25) is 5.91 Å². The van der Waals surface area contributed by atoms with Crippen molar-refractivity contribution in [3.63, 3.8) is 0 Å². The molecule has 3 N–H and O–H groups in total. The van der Waals surface area contributed by atoms with Gasteiger partial charge in [-0.15, -0.1) is 0 Å². The second-order valence-corrected chi connectivity index (χ2v) is 4.69. The molecule has 1 aromatic rings. The van der Waals surface area contributed by atoms with E-state index in [1.54, 1.807) is 19.1 Å². The van der Waals surface area contributed by atoms with Crippen LogP contribution in [0, 0.1) is 17.0 Å². The lowest BCUT2D eigenvalue weighted by Gasteiger charge is -2.08. The van der Waals surface area contributed by atoms with Gasteiger partial charge in [-0.25, -0.2) is 0 Å². The van der Waals surface area contributed by atoms with E-state index in [0.29, 0.717) is 25.1 Å². The van der Waals surface area contributed by atoms with Crippen LogP contribution in [0.4, 0.5) is 5.69 Å². The fraction of sp³-hybridized carbons (Fsp3) is 0.500. The van der Waals surface area contributed by atoms with Crippen molar-refractivity contribution in [2.45, 2.75) is 39.2 Å². The van der Waals surface area contributed by atoms with Crippen LogP contribution in [0.5, 0.6) is 0 Å². The first-order valence-electron chi connectivity index (χ1n) is 6.76. The van der Waals surface area contributed by atoms with Crippen molar-refractivity contribution in [2.24, 2.45) is 5.73 Å². The number of carbonyl (C=O) groups excluding carboxylic acids is 1. The Morgan fingerprint density at radius 2 is 2.10 bits per heavy atom. The molecular formula is C14H21N3O3. The highest BCUT2D eigenvalue weighted by Gasteiger charge is 2.13. The third-order valence-electron chi connectivity index (χ3n) is 3.20. The normalized spacial score (nSPS) is 10.3. The summed E-state index contributed by atoms with van der Waals surface area (Å²) in [7, 11) is 0. The van der Waals surface area contributed by atoms with Gasteiger partial charge < -0.3 is 11.1 Å². The molecule has 0 fully saturated rings. The maximum Gasteiger partial charge on any atom is 0.272 e. The zero-order chi connectivity index (χ0) is 15.0. The highest BCUT2D eigenvalue weighted by molar-refractivity contribution is 5.75. The minimum absolute atomic E-state index is 0.0343. The first kappa shape index (κ1) is 16.1. The van der Waals surface area contributed by atoms with Gasteiger partial charge in [0.25, 0.3) is 5.69 Å². The minimum atomic E-state index is -0.409. The van der Waals surface area contributed by atoms with Crippen molar-refractivity contribution in [2.75, 3.05) is 6.54 Å². The zero-order valence-corrected chi connectivity index (χ0v) is 11.7. The Kier molecular flexibility index (Phi) is 6.66. The number of benzene rings is 1. The second kappa shape index (κ2) is 8.27. The first-order valence-corrected chi connectivity index (χ1v) is 6.76. The monoisotopic (exact) mass is 279 g/mol. The van der Waals surface area contributed by atoms with Gasteiger partial charge in [-0.3, -0.25) is 14.9 Å². The molecule has 1 rings (SSSR count). The number of nitro benzene ring substituents is 1. The van der Waals surface area contributed by atoms with Gasteiger partial charge in [0.15, 0.2) is 0 Å². The number of nitrogens with one attached hydrogen (secondary N) is 1. The number of amides is 1. The van der Waals surface area contributed by atoms with Crippen LogP contribution in [0.3, 0.4) is 0 Å². The molecule has 0 radical (unpaired) electrons. The van der Waals surface area contributed by atoms with Crippen LogP contribution in [-0.4, -0.2) is 17.4 Å². The largest absolute Gasteiger partial charge is 0.352 e. The van der Waals surface area contributed by atoms with Gasteiger partial charge in [0.1, 0.15) is 0 Å². The number of hydrogen-bond acceptors (Lipinski definition) is 4. The van der Waals surface area contributed by atoms with Crippen LogP contribution in [0.15, 0.2) is 18.2 Å². The van der Waals surface area contributed by atoms with E-state index in [9.17, 15) is 14.9 Å². The van der Waals surface area contributed by atoms with E-state index < -0.39 is 4.92 Å². The summed E-state index contributed by atoms with van der Waals surface area (Å²) in [6.07, 6.45) is 3.15. The van der Waals surface area contributed by atoms with Gasteiger partial charge >= 0.3 is 0 Å². The van der Waals surface area contributed by atoms with Crippen LogP contribution in [0.25, 0.3) is 0 Å². The third-order valence-corrected chi connectivity index (χ3v) is 3.20. The summed E-state index contributed by atoms with van der Waals surface area (Å²) in [5, 5.41) is 13.6. The van der Waals surface area contributed by atoms with E-state index in [4.69, 9.17) is 5.73 Å². The fourth-order valence-corrected chi connectivity index (χ4v) is 1.95. The predicted octanol–water partition coefficient (Wildman–Crippen LogP) is 2.04. The van der Waals surface area contributed by atoms with E-state index in [0.717, 1.165) is 24.8 Å². The first-order chi connectivity index (χ1) is 9.56. The Morgan fingerprint density at radius 3 is 2.75 bits per heavy atom. The Hall–Kier alpha value is -1.95. The molecule has 1 aromatic carbocycles. The van der Waals surface area contributed by atoms with Crippen molar-refractivity contribution in [1.29, 1.82) is 0 Å². The van der Waals surface area contributed by atoms with Gasteiger partial charge in [0, 0.05) is 24.6 Å². The molecule has 0 saturated carbocycles. The quantitative estimate of drug-likeness (QED) is 0.432. The standard InChI is InChI=1S/C14H21N3O3/c1-11-12(6-5-7-13(11)17(19)20)10-16-14(18)8-3-2-4-9-15/h5-7H,2-4,8-10,15H2,1H3,(H,16,18). The number of rotatable bonds is 8. The fourth-order valence-electron chi connectivity index (χ4n) is 1.95. The van der Waals surface area contributed by atoms with Crippen molar-refractivity contribution >= 4 is 11.6 Å². The maximum atomic E-state index is 11.6.